The van der Waals surface area contributed by atoms with E-state index in [0.29, 0.717) is 32.7 Å². The molecule has 0 spiro atoms. The van der Waals surface area contributed by atoms with Crippen LogP contribution in [0.5, 0.6) is 0 Å². The number of hydrogen-bond donors (Lipinski definition) is 1. The van der Waals surface area contributed by atoms with Crippen LogP contribution >= 0.6 is 0 Å². The third kappa shape index (κ3) is 6.87. The molecule has 7 heteroatoms. The van der Waals surface area contributed by atoms with Gasteiger partial charge in [0, 0.05) is 52.2 Å². The van der Waals surface area contributed by atoms with Crippen molar-refractivity contribution in [2.24, 2.45) is 0 Å². The Balaban J connectivity index is 1.23. The van der Waals surface area contributed by atoms with Gasteiger partial charge in [-0.3, -0.25) is 19.4 Å². The van der Waals surface area contributed by atoms with Gasteiger partial charge in [-0.2, -0.15) is 0 Å². The average molecular weight is 451 g/mol. The second-order valence-electron chi connectivity index (χ2n) is 8.68. The molecule has 33 heavy (non-hydrogen) atoms. The molecule has 0 radical (unpaired) electrons. The van der Waals surface area contributed by atoms with E-state index in [2.05, 4.69) is 15.1 Å². The van der Waals surface area contributed by atoms with Crippen LogP contribution in [-0.2, 0) is 14.3 Å². The molecular formula is C26H34N4O3. The molecule has 0 bridgehead atoms. The van der Waals surface area contributed by atoms with Crippen molar-refractivity contribution in [1.82, 2.24) is 20.0 Å². The molecular weight excluding hydrogens is 416 g/mol. The summed E-state index contributed by atoms with van der Waals surface area (Å²) in [6.07, 6.45) is 0.442. The molecule has 2 aliphatic rings. The number of nitrogens with one attached hydrogen (secondary N) is 1. The number of piperazine rings is 1. The summed E-state index contributed by atoms with van der Waals surface area (Å²) in [4.78, 5) is 31.8. The van der Waals surface area contributed by atoms with Gasteiger partial charge in [0.2, 0.25) is 11.8 Å². The lowest BCUT2D eigenvalue weighted by atomic mass is 9.98. The zero-order valence-electron chi connectivity index (χ0n) is 19.2. The lowest BCUT2D eigenvalue weighted by molar-refractivity contribution is -0.135. The topological polar surface area (TPSA) is 65.1 Å². The number of amides is 2. The molecule has 7 nitrogen and oxygen atoms in total. The fraction of sp³-hybridized carbons (Fsp3) is 0.462. The largest absolute Gasteiger partial charge is 0.379 e. The number of morpholine rings is 1. The summed E-state index contributed by atoms with van der Waals surface area (Å²) in [6, 6.07) is 20.0. The van der Waals surface area contributed by atoms with Crippen molar-refractivity contribution < 1.29 is 14.3 Å². The molecule has 176 valence electrons. The van der Waals surface area contributed by atoms with E-state index >= 15 is 0 Å². The Bertz CT molecular complexity index is 839. The van der Waals surface area contributed by atoms with E-state index in [0.717, 1.165) is 50.4 Å². The Morgan fingerprint density at radius 3 is 1.94 bits per heavy atom. The van der Waals surface area contributed by atoms with Crippen LogP contribution in [0.1, 0.15) is 23.6 Å². The maximum atomic E-state index is 12.8. The highest BCUT2D eigenvalue weighted by Crippen LogP contribution is 2.21. The van der Waals surface area contributed by atoms with Crippen LogP contribution in [0.15, 0.2) is 60.7 Å². The Morgan fingerprint density at radius 1 is 0.788 bits per heavy atom. The fourth-order valence-electron chi connectivity index (χ4n) is 4.41. The van der Waals surface area contributed by atoms with Gasteiger partial charge in [0.1, 0.15) is 0 Å². The number of ether oxygens (including phenoxy) is 1. The summed E-state index contributed by atoms with van der Waals surface area (Å²) in [5.74, 6) is 0.237. The zero-order valence-corrected chi connectivity index (χ0v) is 19.2. The van der Waals surface area contributed by atoms with Crippen LogP contribution in [0, 0.1) is 0 Å². The van der Waals surface area contributed by atoms with Crippen molar-refractivity contribution in [3.05, 3.63) is 71.8 Å². The normalized spacial score (nSPS) is 17.8. The molecule has 1 N–H and O–H groups in total. The van der Waals surface area contributed by atoms with Crippen LogP contribution in [-0.4, -0.2) is 92.1 Å². The maximum Gasteiger partial charge on any atom is 0.236 e. The van der Waals surface area contributed by atoms with Crippen LogP contribution in [0.4, 0.5) is 0 Å². The van der Waals surface area contributed by atoms with Crippen molar-refractivity contribution >= 4 is 11.8 Å². The molecule has 2 aromatic carbocycles. The SMILES string of the molecule is O=C(CCN1CCN(C(=O)CN2CCOCC2)CC1)NC(c1ccccc1)c1ccccc1. The van der Waals surface area contributed by atoms with Crippen LogP contribution in [0.3, 0.4) is 0 Å². The van der Waals surface area contributed by atoms with Crippen molar-refractivity contribution in [1.29, 1.82) is 0 Å². The Morgan fingerprint density at radius 2 is 1.36 bits per heavy atom. The van der Waals surface area contributed by atoms with Gasteiger partial charge in [-0.15, -0.1) is 0 Å². The highest BCUT2D eigenvalue weighted by atomic mass is 16.5. The van der Waals surface area contributed by atoms with Crippen molar-refractivity contribution in [2.45, 2.75) is 12.5 Å². The third-order valence-corrected chi connectivity index (χ3v) is 6.41. The maximum absolute atomic E-state index is 12.8. The van der Waals surface area contributed by atoms with Crippen molar-refractivity contribution in [3.8, 4) is 0 Å². The lowest BCUT2D eigenvalue weighted by Crippen LogP contribution is -2.52. The molecule has 0 atom stereocenters. The van der Waals surface area contributed by atoms with E-state index in [1.54, 1.807) is 0 Å². The summed E-state index contributed by atoms with van der Waals surface area (Å²) in [5.41, 5.74) is 2.15. The second-order valence-corrected chi connectivity index (χ2v) is 8.68. The van der Waals surface area contributed by atoms with Crippen molar-refractivity contribution in [2.75, 3.05) is 65.6 Å². The molecule has 0 saturated carbocycles. The van der Waals surface area contributed by atoms with Gasteiger partial charge in [0.25, 0.3) is 0 Å². The first-order valence-corrected chi connectivity index (χ1v) is 11.9. The zero-order chi connectivity index (χ0) is 22.9. The molecule has 2 heterocycles. The highest BCUT2D eigenvalue weighted by Gasteiger charge is 2.24. The molecule has 4 rings (SSSR count). The van der Waals surface area contributed by atoms with Crippen LogP contribution in [0.25, 0.3) is 0 Å². The lowest BCUT2D eigenvalue weighted by Gasteiger charge is -2.36. The predicted octanol–water partition coefficient (Wildman–Crippen LogP) is 1.76. The van der Waals surface area contributed by atoms with Crippen LogP contribution < -0.4 is 5.32 Å². The van der Waals surface area contributed by atoms with E-state index in [9.17, 15) is 9.59 Å². The molecule has 2 fully saturated rings. The Kier molecular flexibility index (Phi) is 8.47. The molecule has 2 aliphatic heterocycles. The molecule has 0 aliphatic carbocycles. The van der Waals surface area contributed by atoms with Gasteiger partial charge in [-0.25, -0.2) is 0 Å². The average Bonchev–Trinajstić information content (AvgIpc) is 2.88. The van der Waals surface area contributed by atoms with Gasteiger partial charge in [-0.05, 0) is 11.1 Å². The monoisotopic (exact) mass is 450 g/mol. The van der Waals surface area contributed by atoms with E-state index in [1.807, 2.05) is 65.6 Å². The molecule has 2 saturated heterocycles. The van der Waals surface area contributed by atoms with E-state index in [4.69, 9.17) is 4.74 Å². The Labute approximate surface area is 196 Å². The minimum atomic E-state index is -0.158. The van der Waals surface area contributed by atoms with Gasteiger partial charge in [-0.1, -0.05) is 60.7 Å². The number of carbonyl (C=O) groups is 2. The first-order valence-electron chi connectivity index (χ1n) is 11.9. The summed E-state index contributed by atoms with van der Waals surface area (Å²) >= 11 is 0. The minimum absolute atomic E-state index is 0.0403. The first kappa shape index (κ1) is 23.4. The van der Waals surface area contributed by atoms with Gasteiger partial charge >= 0.3 is 0 Å². The molecule has 2 amide bonds. The minimum Gasteiger partial charge on any atom is -0.379 e. The first-order chi connectivity index (χ1) is 16.2. The number of nitrogens with zero attached hydrogens (tertiary/aromatic N) is 3. The summed E-state index contributed by atoms with van der Waals surface area (Å²) < 4.78 is 5.36. The number of hydrogen-bond acceptors (Lipinski definition) is 5. The quantitative estimate of drug-likeness (QED) is 0.664. The van der Waals surface area contributed by atoms with Gasteiger partial charge in [0.05, 0.1) is 25.8 Å². The predicted molar refractivity (Wildman–Crippen MR) is 128 cm³/mol. The Hall–Kier alpha value is -2.74. The molecule has 0 aromatic heterocycles. The third-order valence-electron chi connectivity index (χ3n) is 6.41. The van der Waals surface area contributed by atoms with E-state index < -0.39 is 0 Å². The summed E-state index contributed by atoms with van der Waals surface area (Å²) in [5, 5.41) is 3.22. The number of benzene rings is 2. The number of carbonyl (C=O) groups excluding carboxylic acids is 2. The van der Waals surface area contributed by atoms with E-state index in [-0.39, 0.29) is 17.9 Å². The highest BCUT2D eigenvalue weighted by molar-refractivity contribution is 5.78. The fourth-order valence-corrected chi connectivity index (χ4v) is 4.41. The number of rotatable bonds is 8. The van der Waals surface area contributed by atoms with E-state index in [1.165, 1.54) is 0 Å². The van der Waals surface area contributed by atoms with Gasteiger partial charge in [0.15, 0.2) is 0 Å². The standard InChI is InChI=1S/C26H34N4O3/c31-24(27-26(22-7-3-1-4-8-22)23-9-5-2-6-10-23)11-12-28-13-15-30(16-14-28)25(32)21-29-17-19-33-20-18-29/h1-10,26H,11-21H2,(H,27,31). The van der Waals surface area contributed by atoms with Crippen LogP contribution in [0.2, 0.25) is 0 Å². The second kappa shape index (κ2) is 11.9. The smallest absolute Gasteiger partial charge is 0.236 e. The summed E-state index contributed by atoms with van der Waals surface area (Å²) in [6.45, 7) is 7.31. The van der Waals surface area contributed by atoms with Gasteiger partial charge < -0.3 is 15.0 Å². The summed E-state index contributed by atoms with van der Waals surface area (Å²) in [7, 11) is 0. The molecule has 2 aromatic rings. The molecule has 0 unspecified atom stereocenters. The van der Waals surface area contributed by atoms with Crippen molar-refractivity contribution in [3.63, 3.8) is 0 Å².